The molecule has 4 aromatic rings. The molecule has 1 aromatic heterocycles. The highest BCUT2D eigenvalue weighted by molar-refractivity contribution is 7.85. The van der Waals surface area contributed by atoms with Crippen LogP contribution in [0.25, 0.3) is 11.1 Å². The van der Waals surface area contributed by atoms with Gasteiger partial charge < -0.3 is 20.3 Å². The van der Waals surface area contributed by atoms with E-state index in [2.05, 4.69) is 47.8 Å². The number of anilines is 2. The minimum Gasteiger partial charge on any atom is -0.493 e. The SMILES string of the molecule is Cc1cccc(OCCCC(=O)N2C[C@@H]3C[C@@H]3c3c(-c4cnn(Cc5cccc(NC(=O)NCCS(=O)(=O)O)c5)c4)cccc32)c1C. The van der Waals surface area contributed by atoms with Crippen LogP contribution >= 0.6 is 0 Å². The molecule has 1 fully saturated rings. The van der Waals surface area contributed by atoms with Crippen LogP contribution in [0.15, 0.2) is 73.1 Å². The largest absolute Gasteiger partial charge is 0.493 e. The molecule has 2 atom stereocenters. The van der Waals surface area contributed by atoms with Crippen molar-refractivity contribution in [2.45, 2.75) is 45.6 Å². The number of benzene rings is 3. The van der Waals surface area contributed by atoms with Gasteiger partial charge in [0.1, 0.15) is 5.75 Å². The number of aromatic nitrogens is 2. The number of urea groups is 1. The molecule has 2 heterocycles. The van der Waals surface area contributed by atoms with Gasteiger partial charge in [-0.15, -0.1) is 0 Å². The van der Waals surface area contributed by atoms with E-state index in [-0.39, 0.29) is 12.5 Å². The first-order valence-electron chi connectivity index (χ1n) is 15.8. The summed E-state index contributed by atoms with van der Waals surface area (Å²) in [5.74, 6) is 1.33. The summed E-state index contributed by atoms with van der Waals surface area (Å²) in [6.45, 7) is 5.62. The Bertz CT molecular complexity index is 1910. The van der Waals surface area contributed by atoms with Gasteiger partial charge >= 0.3 is 6.03 Å². The van der Waals surface area contributed by atoms with Crippen LogP contribution in [-0.2, 0) is 21.5 Å². The zero-order valence-corrected chi connectivity index (χ0v) is 27.3. The van der Waals surface area contributed by atoms with Crippen LogP contribution in [-0.4, -0.2) is 60.1 Å². The van der Waals surface area contributed by atoms with Crippen LogP contribution < -0.4 is 20.3 Å². The summed E-state index contributed by atoms with van der Waals surface area (Å²) in [7, 11) is -4.15. The molecule has 11 nitrogen and oxygen atoms in total. The Kier molecular flexibility index (Phi) is 9.33. The number of amides is 3. The molecule has 246 valence electrons. The summed E-state index contributed by atoms with van der Waals surface area (Å²) < 4.78 is 38.4. The molecule has 1 aliphatic carbocycles. The molecule has 0 radical (unpaired) electrons. The highest BCUT2D eigenvalue weighted by Gasteiger charge is 2.47. The predicted molar refractivity (Wildman–Crippen MR) is 180 cm³/mol. The highest BCUT2D eigenvalue weighted by atomic mass is 32.2. The van der Waals surface area contributed by atoms with E-state index in [0.717, 1.165) is 46.7 Å². The second-order valence-electron chi connectivity index (χ2n) is 12.3. The lowest BCUT2D eigenvalue weighted by molar-refractivity contribution is -0.119. The van der Waals surface area contributed by atoms with Crippen LogP contribution in [0.5, 0.6) is 5.75 Å². The van der Waals surface area contributed by atoms with Gasteiger partial charge in [-0.3, -0.25) is 14.0 Å². The maximum Gasteiger partial charge on any atom is 0.319 e. The molecule has 0 unspecified atom stereocenters. The lowest BCUT2D eigenvalue weighted by Gasteiger charge is -2.30. The molecule has 2 aliphatic rings. The number of hydrogen-bond donors (Lipinski definition) is 3. The number of aryl methyl sites for hydroxylation is 1. The second-order valence-corrected chi connectivity index (χ2v) is 13.9. The van der Waals surface area contributed by atoms with E-state index < -0.39 is 21.9 Å². The van der Waals surface area contributed by atoms with Crippen molar-refractivity contribution in [2.24, 2.45) is 5.92 Å². The van der Waals surface area contributed by atoms with Crippen molar-refractivity contribution in [3.05, 3.63) is 95.3 Å². The maximum absolute atomic E-state index is 13.5. The zero-order valence-electron chi connectivity index (χ0n) is 26.5. The van der Waals surface area contributed by atoms with Crippen molar-refractivity contribution in [1.82, 2.24) is 15.1 Å². The normalized spacial score (nSPS) is 16.6. The molecule has 0 spiro atoms. The van der Waals surface area contributed by atoms with Crippen LogP contribution in [0.2, 0.25) is 0 Å². The molecule has 6 rings (SSSR count). The van der Waals surface area contributed by atoms with Gasteiger partial charge in [0.05, 0.1) is 25.1 Å². The summed E-state index contributed by atoms with van der Waals surface area (Å²) in [6.07, 6.45) is 5.99. The number of fused-ring (bicyclic) bond motifs is 3. The third kappa shape index (κ3) is 7.83. The first kappa shape index (κ1) is 32.3. The number of rotatable bonds is 12. The quantitative estimate of drug-likeness (QED) is 0.134. The van der Waals surface area contributed by atoms with Gasteiger partial charge in [0, 0.05) is 42.6 Å². The van der Waals surface area contributed by atoms with E-state index in [0.29, 0.717) is 43.5 Å². The molecule has 3 aromatic carbocycles. The average molecular weight is 658 g/mol. The van der Waals surface area contributed by atoms with Crippen LogP contribution in [0.4, 0.5) is 16.2 Å². The molecule has 1 saturated carbocycles. The molecule has 12 heteroatoms. The van der Waals surface area contributed by atoms with Crippen molar-refractivity contribution in [3.63, 3.8) is 0 Å². The van der Waals surface area contributed by atoms with Gasteiger partial charge in [-0.05, 0) is 90.6 Å². The molecular formula is C35H39N5O6S. The molecule has 1 aliphatic heterocycles. The average Bonchev–Trinajstić information content (AvgIpc) is 3.68. The van der Waals surface area contributed by atoms with E-state index in [1.165, 1.54) is 11.1 Å². The summed E-state index contributed by atoms with van der Waals surface area (Å²) in [5.41, 5.74) is 8.04. The molecule has 0 saturated heterocycles. The number of nitrogens with zero attached hydrogens (tertiary/aromatic N) is 3. The van der Waals surface area contributed by atoms with Gasteiger partial charge in [0.2, 0.25) is 5.91 Å². The monoisotopic (exact) mass is 657 g/mol. The lowest BCUT2D eigenvalue weighted by Crippen LogP contribution is -2.36. The maximum atomic E-state index is 13.5. The van der Waals surface area contributed by atoms with E-state index in [1.54, 1.807) is 6.07 Å². The topological polar surface area (TPSA) is 143 Å². The van der Waals surface area contributed by atoms with Gasteiger partial charge in [-0.2, -0.15) is 13.5 Å². The zero-order chi connectivity index (χ0) is 33.1. The first-order chi connectivity index (χ1) is 22.6. The Morgan fingerprint density at radius 3 is 2.72 bits per heavy atom. The van der Waals surface area contributed by atoms with E-state index in [9.17, 15) is 18.0 Å². The van der Waals surface area contributed by atoms with Gasteiger partial charge in [-0.1, -0.05) is 36.4 Å². The van der Waals surface area contributed by atoms with Crippen LogP contribution in [0.1, 0.15) is 47.4 Å². The Morgan fingerprint density at radius 2 is 1.89 bits per heavy atom. The fourth-order valence-corrected chi connectivity index (χ4v) is 6.58. The summed E-state index contributed by atoms with van der Waals surface area (Å²) in [4.78, 5) is 27.6. The predicted octanol–water partition coefficient (Wildman–Crippen LogP) is 5.53. The van der Waals surface area contributed by atoms with Crippen molar-refractivity contribution >= 4 is 33.4 Å². The molecule has 47 heavy (non-hydrogen) atoms. The van der Waals surface area contributed by atoms with Crippen molar-refractivity contribution in [3.8, 4) is 16.9 Å². The third-order valence-corrected chi connectivity index (χ3v) is 9.57. The standard InChI is InChI=1S/C35H39N5O6S/c1-23-7-3-12-32(24(23)2)46-15-6-13-33(41)40-22-26-18-30(26)34-29(10-5-11-31(34)40)27-19-37-39(21-27)20-25-8-4-9-28(17-25)38-35(42)36-14-16-47(43,44)45/h3-5,7-12,17,19,21,26,30H,6,13-16,18,20,22H2,1-2H3,(H2,36,38,42)(H,43,44,45)/t26-,30-/m0/s1. The van der Waals surface area contributed by atoms with Crippen LogP contribution in [0.3, 0.4) is 0 Å². The number of hydrogen-bond acceptors (Lipinski definition) is 6. The van der Waals surface area contributed by atoms with Crippen LogP contribution in [0, 0.1) is 19.8 Å². The van der Waals surface area contributed by atoms with E-state index in [4.69, 9.17) is 9.29 Å². The number of nitrogens with one attached hydrogen (secondary N) is 2. The summed E-state index contributed by atoms with van der Waals surface area (Å²) in [5, 5.41) is 9.69. The van der Waals surface area contributed by atoms with Gasteiger partial charge in [0.15, 0.2) is 0 Å². The Hall–Kier alpha value is -4.68. The number of ether oxygens (including phenoxy) is 1. The first-order valence-corrected chi connectivity index (χ1v) is 17.4. The van der Waals surface area contributed by atoms with E-state index in [1.807, 2.05) is 58.4 Å². The third-order valence-electron chi connectivity index (χ3n) is 8.85. The van der Waals surface area contributed by atoms with Crippen molar-refractivity contribution in [2.75, 3.05) is 35.7 Å². The van der Waals surface area contributed by atoms with E-state index >= 15 is 0 Å². The van der Waals surface area contributed by atoms with Crippen molar-refractivity contribution in [1.29, 1.82) is 0 Å². The molecule has 3 N–H and O–H groups in total. The Balaban J connectivity index is 1.09. The smallest absolute Gasteiger partial charge is 0.319 e. The fourth-order valence-electron chi connectivity index (χ4n) is 6.22. The fraction of sp³-hybridized carbons (Fsp3) is 0.343. The minimum atomic E-state index is -4.15. The number of carbonyl (C=O) groups excluding carboxylic acids is 2. The van der Waals surface area contributed by atoms with Gasteiger partial charge in [-0.25, -0.2) is 4.79 Å². The van der Waals surface area contributed by atoms with Crippen molar-refractivity contribution < 1.29 is 27.3 Å². The highest BCUT2D eigenvalue weighted by Crippen LogP contribution is 2.57. The number of carbonyl (C=O) groups is 2. The second kappa shape index (κ2) is 13.6. The lowest BCUT2D eigenvalue weighted by atomic mass is 9.92. The Labute approximate surface area is 274 Å². The summed E-state index contributed by atoms with van der Waals surface area (Å²) in [6, 6.07) is 18.9. The molecule has 0 bridgehead atoms. The minimum absolute atomic E-state index is 0.120. The summed E-state index contributed by atoms with van der Waals surface area (Å²) >= 11 is 0. The molecular weight excluding hydrogens is 618 g/mol. The van der Waals surface area contributed by atoms with Gasteiger partial charge in [0.25, 0.3) is 10.1 Å². The molecule has 3 amide bonds. The Morgan fingerprint density at radius 1 is 1.09 bits per heavy atom.